The van der Waals surface area contributed by atoms with E-state index < -0.39 is 0 Å². The van der Waals surface area contributed by atoms with Crippen molar-refractivity contribution in [1.29, 1.82) is 0 Å². The average molecular weight is 509 g/mol. The fraction of sp³-hybridized carbons (Fsp3) is 0.226. The van der Waals surface area contributed by atoms with Crippen molar-refractivity contribution in [2.24, 2.45) is 0 Å². The lowest BCUT2D eigenvalue weighted by molar-refractivity contribution is -0.111. The lowest BCUT2D eigenvalue weighted by atomic mass is 10.2. The van der Waals surface area contributed by atoms with Gasteiger partial charge < -0.3 is 19.9 Å². The summed E-state index contributed by atoms with van der Waals surface area (Å²) in [6.45, 7) is 5.18. The van der Waals surface area contributed by atoms with E-state index in [0.717, 1.165) is 54.9 Å². The van der Waals surface area contributed by atoms with E-state index in [-0.39, 0.29) is 11.8 Å². The zero-order valence-corrected chi connectivity index (χ0v) is 21.3. The Morgan fingerprint density at radius 3 is 2.39 bits per heavy atom. The molecule has 0 atom stereocenters. The number of benzene rings is 3. The van der Waals surface area contributed by atoms with Crippen LogP contribution >= 0.6 is 0 Å². The molecule has 38 heavy (non-hydrogen) atoms. The van der Waals surface area contributed by atoms with Gasteiger partial charge in [0.2, 0.25) is 5.91 Å². The van der Waals surface area contributed by atoms with Gasteiger partial charge in [-0.3, -0.25) is 14.5 Å². The molecule has 0 spiro atoms. The Morgan fingerprint density at radius 2 is 1.63 bits per heavy atom. The monoisotopic (exact) mass is 508 g/mol. The summed E-state index contributed by atoms with van der Waals surface area (Å²) in [5.74, 6) is -0.320. The largest absolute Gasteiger partial charge is 0.379 e. The molecular formula is C31H32N4O3. The van der Waals surface area contributed by atoms with E-state index in [2.05, 4.69) is 27.7 Å². The van der Waals surface area contributed by atoms with Crippen molar-refractivity contribution in [2.45, 2.75) is 6.54 Å². The molecule has 1 aliphatic heterocycles. The topological polar surface area (TPSA) is 75.6 Å². The van der Waals surface area contributed by atoms with Crippen LogP contribution < -0.4 is 10.6 Å². The molecule has 2 N–H and O–H groups in total. The first-order chi connectivity index (χ1) is 18.7. The number of carbonyl (C=O) groups is 2. The molecule has 4 aromatic rings. The van der Waals surface area contributed by atoms with Crippen LogP contribution in [0.1, 0.15) is 21.6 Å². The number of nitrogens with one attached hydrogen (secondary N) is 2. The van der Waals surface area contributed by atoms with Crippen LogP contribution in [0.2, 0.25) is 0 Å². The van der Waals surface area contributed by atoms with Gasteiger partial charge in [-0.1, -0.05) is 60.7 Å². The number of fused-ring (bicyclic) bond motifs is 1. The van der Waals surface area contributed by atoms with Gasteiger partial charge in [-0.15, -0.1) is 0 Å². The molecule has 194 valence electrons. The summed E-state index contributed by atoms with van der Waals surface area (Å²) < 4.78 is 7.44. The first-order valence-electron chi connectivity index (χ1n) is 13.0. The van der Waals surface area contributed by atoms with Crippen LogP contribution in [0.4, 0.5) is 5.69 Å². The molecule has 2 amide bonds. The number of carbonyl (C=O) groups excluding carboxylic acids is 2. The van der Waals surface area contributed by atoms with Gasteiger partial charge in [-0.2, -0.15) is 0 Å². The van der Waals surface area contributed by atoms with Gasteiger partial charge in [-0.05, 0) is 41.5 Å². The van der Waals surface area contributed by atoms with Gasteiger partial charge in [0.1, 0.15) is 5.69 Å². The molecule has 2 heterocycles. The highest BCUT2D eigenvalue weighted by Gasteiger charge is 2.17. The number of hydrogen-bond acceptors (Lipinski definition) is 4. The Labute approximate surface area is 222 Å². The maximum Gasteiger partial charge on any atom is 0.267 e. The molecule has 7 nitrogen and oxygen atoms in total. The fourth-order valence-electron chi connectivity index (χ4n) is 4.64. The molecule has 0 aliphatic carbocycles. The fourth-order valence-corrected chi connectivity index (χ4v) is 4.64. The van der Waals surface area contributed by atoms with Crippen LogP contribution in [0.15, 0.2) is 91.0 Å². The predicted molar refractivity (Wildman–Crippen MR) is 151 cm³/mol. The summed E-state index contributed by atoms with van der Waals surface area (Å²) in [5, 5.41) is 6.92. The van der Waals surface area contributed by atoms with E-state index in [1.54, 1.807) is 6.08 Å². The summed E-state index contributed by atoms with van der Waals surface area (Å²) in [7, 11) is 0. The summed E-state index contributed by atoms with van der Waals surface area (Å²) in [4.78, 5) is 28.1. The number of aromatic nitrogens is 1. The van der Waals surface area contributed by atoms with Crippen LogP contribution in [0, 0.1) is 0 Å². The zero-order chi connectivity index (χ0) is 26.2. The third-order valence-corrected chi connectivity index (χ3v) is 6.63. The van der Waals surface area contributed by atoms with Gasteiger partial charge >= 0.3 is 0 Å². The van der Waals surface area contributed by atoms with E-state index in [0.29, 0.717) is 24.5 Å². The molecule has 7 heteroatoms. The Bertz CT molecular complexity index is 1410. The van der Waals surface area contributed by atoms with Crippen molar-refractivity contribution < 1.29 is 14.3 Å². The number of amides is 2. The number of rotatable bonds is 9. The van der Waals surface area contributed by atoms with Crippen molar-refractivity contribution >= 4 is 34.5 Å². The maximum atomic E-state index is 13.3. The SMILES string of the molecule is O=C(/C=C/c1ccccc1)Nc1ccc2c(c1)cc(C(=O)NCCN1CCOCC1)n2Cc1ccccc1. The van der Waals surface area contributed by atoms with Gasteiger partial charge in [0, 0.05) is 55.4 Å². The summed E-state index contributed by atoms with van der Waals surface area (Å²) in [6.07, 6.45) is 3.30. The van der Waals surface area contributed by atoms with E-state index in [9.17, 15) is 9.59 Å². The third-order valence-electron chi connectivity index (χ3n) is 6.63. The van der Waals surface area contributed by atoms with Crippen molar-refractivity contribution in [3.8, 4) is 0 Å². The Morgan fingerprint density at radius 1 is 0.895 bits per heavy atom. The lowest BCUT2D eigenvalue weighted by Crippen LogP contribution is -2.41. The van der Waals surface area contributed by atoms with Crippen LogP contribution in [-0.4, -0.2) is 60.7 Å². The Kier molecular flexibility index (Phi) is 8.28. The Balaban J connectivity index is 1.34. The predicted octanol–water partition coefficient (Wildman–Crippen LogP) is 4.40. The van der Waals surface area contributed by atoms with Gasteiger partial charge in [0.25, 0.3) is 5.91 Å². The number of ether oxygens (including phenoxy) is 1. The summed E-state index contributed by atoms with van der Waals surface area (Å²) in [6, 6.07) is 27.4. The normalized spacial score (nSPS) is 14.1. The first kappa shape index (κ1) is 25.4. The number of nitrogens with zero attached hydrogens (tertiary/aromatic N) is 2. The molecule has 1 aromatic heterocycles. The van der Waals surface area contributed by atoms with Crippen LogP contribution in [0.25, 0.3) is 17.0 Å². The summed E-state index contributed by atoms with van der Waals surface area (Å²) in [5.41, 5.74) is 4.27. The van der Waals surface area contributed by atoms with E-state index in [1.807, 2.05) is 77.4 Å². The minimum atomic E-state index is -0.210. The molecule has 0 saturated carbocycles. The standard InChI is InChI=1S/C31H32N4O3/c36-30(14-11-24-7-3-1-4-8-24)33-27-12-13-28-26(21-27)22-29(35(28)23-25-9-5-2-6-10-25)31(37)32-15-16-34-17-19-38-20-18-34/h1-14,21-22H,15-20,23H2,(H,32,37)(H,33,36)/b14-11+. The molecule has 0 unspecified atom stereocenters. The van der Waals surface area contributed by atoms with Gasteiger partial charge in [-0.25, -0.2) is 0 Å². The second-order valence-corrected chi connectivity index (χ2v) is 9.32. The van der Waals surface area contributed by atoms with Crippen molar-refractivity contribution in [2.75, 3.05) is 44.7 Å². The van der Waals surface area contributed by atoms with E-state index in [4.69, 9.17) is 4.74 Å². The van der Waals surface area contributed by atoms with Gasteiger partial charge in [0.05, 0.1) is 13.2 Å². The average Bonchev–Trinajstić information content (AvgIpc) is 3.31. The van der Waals surface area contributed by atoms with Crippen LogP contribution in [0.3, 0.4) is 0 Å². The van der Waals surface area contributed by atoms with Crippen LogP contribution in [0.5, 0.6) is 0 Å². The smallest absolute Gasteiger partial charge is 0.267 e. The van der Waals surface area contributed by atoms with Crippen LogP contribution in [-0.2, 0) is 16.1 Å². The van der Waals surface area contributed by atoms with Crippen molar-refractivity contribution in [1.82, 2.24) is 14.8 Å². The maximum absolute atomic E-state index is 13.3. The quantitative estimate of drug-likeness (QED) is 0.329. The van der Waals surface area contributed by atoms with E-state index in [1.165, 1.54) is 6.08 Å². The zero-order valence-electron chi connectivity index (χ0n) is 21.3. The minimum absolute atomic E-state index is 0.109. The molecule has 3 aromatic carbocycles. The molecule has 5 rings (SSSR count). The molecule has 1 saturated heterocycles. The number of hydrogen-bond donors (Lipinski definition) is 2. The molecular weight excluding hydrogens is 476 g/mol. The third kappa shape index (κ3) is 6.56. The summed E-state index contributed by atoms with van der Waals surface area (Å²) >= 11 is 0. The highest BCUT2D eigenvalue weighted by molar-refractivity contribution is 6.04. The minimum Gasteiger partial charge on any atom is -0.379 e. The van der Waals surface area contributed by atoms with Crippen molar-refractivity contribution in [3.63, 3.8) is 0 Å². The number of anilines is 1. The second-order valence-electron chi connectivity index (χ2n) is 9.32. The number of morpholine rings is 1. The molecule has 1 fully saturated rings. The Hall–Kier alpha value is -4.20. The van der Waals surface area contributed by atoms with Crippen molar-refractivity contribution in [3.05, 3.63) is 108 Å². The van der Waals surface area contributed by atoms with Gasteiger partial charge in [0.15, 0.2) is 0 Å². The van der Waals surface area contributed by atoms with E-state index >= 15 is 0 Å². The molecule has 0 radical (unpaired) electrons. The second kappa shape index (κ2) is 12.4. The first-order valence-corrected chi connectivity index (χ1v) is 13.0. The molecule has 1 aliphatic rings. The lowest BCUT2D eigenvalue weighted by Gasteiger charge is -2.26. The highest BCUT2D eigenvalue weighted by Crippen LogP contribution is 2.25. The molecule has 0 bridgehead atoms. The highest BCUT2D eigenvalue weighted by atomic mass is 16.5.